The third kappa shape index (κ3) is 4.37. The Balaban J connectivity index is 1.62. The molecule has 12 heteroatoms. The summed E-state index contributed by atoms with van der Waals surface area (Å²) in [5, 5.41) is 4.64. The molecular weight excluding hydrogens is 482 g/mol. The molecule has 0 atom stereocenters. The first kappa shape index (κ1) is 23.4. The van der Waals surface area contributed by atoms with E-state index in [2.05, 4.69) is 10.3 Å². The van der Waals surface area contributed by atoms with Crippen molar-refractivity contribution < 1.29 is 33.4 Å². The second-order valence-corrected chi connectivity index (χ2v) is 8.86. The highest BCUT2D eigenvalue weighted by Crippen LogP contribution is 2.37. The molecule has 0 unspecified atom stereocenters. The maximum absolute atomic E-state index is 13.0. The molecule has 176 valence electrons. The van der Waals surface area contributed by atoms with Gasteiger partial charge in [0.15, 0.2) is 6.61 Å². The van der Waals surface area contributed by atoms with Crippen LogP contribution < -0.4 is 15.0 Å². The number of nitrogens with one attached hydrogen (secondary N) is 1. The van der Waals surface area contributed by atoms with Crippen molar-refractivity contribution in [1.29, 1.82) is 0 Å². The fraction of sp³-hybridized carbons (Fsp3) is 0.227. The predicted octanol–water partition coefficient (Wildman–Crippen LogP) is 3.12. The first-order valence-electron chi connectivity index (χ1n) is 9.89. The monoisotopic (exact) mass is 501 g/mol. The van der Waals surface area contributed by atoms with E-state index < -0.39 is 23.8 Å². The summed E-state index contributed by atoms with van der Waals surface area (Å²) in [6.07, 6.45) is 0. The summed E-state index contributed by atoms with van der Waals surface area (Å²) in [4.78, 5) is 55.7. The van der Waals surface area contributed by atoms with E-state index in [1.165, 1.54) is 30.5 Å². The lowest BCUT2D eigenvalue weighted by Gasteiger charge is -2.29. The van der Waals surface area contributed by atoms with Crippen LogP contribution in [0, 0.1) is 6.92 Å². The molecule has 2 amide bonds. The van der Waals surface area contributed by atoms with Crippen molar-refractivity contribution in [2.75, 3.05) is 37.6 Å². The quantitative estimate of drug-likeness (QED) is 0.511. The number of hydrogen-bond donors (Lipinski definition) is 1. The van der Waals surface area contributed by atoms with Crippen molar-refractivity contribution in [1.82, 2.24) is 4.98 Å². The summed E-state index contributed by atoms with van der Waals surface area (Å²) in [6, 6.07) is 5.29. The van der Waals surface area contributed by atoms with Crippen LogP contribution in [0.4, 0.5) is 10.7 Å². The lowest BCUT2D eigenvalue weighted by molar-refractivity contribution is -0.123. The van der Waals surface area contributed by atoms with Gasteiger partial charge in [-0.3, -0.25) is 14.5 Å². The maximum Gasteiger partial charge on any atom is 0.348 e. The Hall–Kier alpha value is -3.77. The Morgan fingerprint density at radius 1 is 1.21 bits per heavy atom. The summed E-state index contributed by atoms with van der Waals surface area (Å²) in [5.74, 6) is -1.85. The third-order valence-corrected chi connectivity index (χ3v) is 6.87. The molecule has 3 heterocycles. The van der Waals surface area contributed by atoms with Gasteiger partial charge in [0, 0.05) is 10.9 Å². The van der Waals surface area contributed by atoms with Gasteiger partial charge in [0.25, 0.3) is 5.91 Å². The standard InChI is InChI=1S/C22H19N3O7S2/c1-11-18(21(28)30-2)20(34-19(11)22(29)31-3)24-16(26)7-25-14-6-12(13-9-33-10-23-13)4-5-15(14)32-8-17(25)27/h4-6,9-10H,7-8H2,1-3H3,(H,24,26). The Labute approximate surface area is 202 Å². The van der Waals surface area contributed by atoms with Crippen molar-refractivity contribution >= 4 is 57.1 Å². The number of benzene rings is 1. The smallest absolute Gasteiger partial charge is 0.348 e. The number of hydrogen-bond acceptors (Lipinski definition) is 10. The number of aromatic nitrogens is 1. The highest BCUT2D eigenvalue weighted by atomic mass is 32.1. The van der Waals surface area contributed by atoms with Crippen LogP contribution in [0.15, 0.2) is 29.1 Å². The number of anilines is 2. The lowest BCUT2D eigenvalue weighted by Crippen LogP contribution is -2.43. The van der Waals surface area contributed by atoms with Gasteiger partial charge in [0.2, 0.25) is 5.91 Å². The molecule has 0 spiro atoms. The number of rotatable bonds is 6. The minimum atomic E-state index is -0.708. The number of ether oxygens (including phenoxy) is 3. The molecule has 0 saturated carbocycles. The fourth-order valence-corrected chi connectivity index (χ4v) is 5.13. The first-order chi connectivity index (χ1) is 16.3. The molecule has 10 nitrogen and oxygen atoms in total. The van der Waals surface area contributed by atoms with Crippen LogP contribution in [0.5, 0.6) is 5.75 Å². The van der Waals surface area contributed by atoms with Crippen molar-refractivity contribution in [3.8, 4) is 17.0 Å². The minimum Gasteiger partial charge on any atom is -0.482 e. The molecule has 0 radical (unpaired) electrons. The summed E-state index contributed by atoms with van der Waals surface area (Å²) in [7, 11) is 2.42. The van der Waals surface area contributed by atoms with Crippen molar-refractivity contribution in [3.63, 3.8) is 0 Å². The average Bonchev–Trinajstić information content (AvgIpc) is 3.48. The molecule has 0 aliphatic carbocycles. The van der Waals surface area contributed by atoms with Crippen molar-refractivity contribution in [2.45, 2.75) is 6.92 Å². The van der Waals surface area contributed by atoms with E-state index in [0.29, 0.717) is 17.0 Å². The van der Waals surface area contributed by atoms with Gasteiger partial charge in [-0.15, -0.1) is 22.7 Å². The second kappa shape index (κ2) is 9.61. The molecule has 1 N–H and O–H groups in total. The average molecular weight is 502 g/mol. The van der Waals surface area contributed by atoms with Gasteiger partial charge in [0.1, 0.15) is 22.2 Å². The molecule has 4 rings (SSSR count). The van der Waals surface area contributed by atoms with E-state index in [-0.39, 0.29) is 28.6 Å². The number of carbonyl (C=O) groups is 4. The van der Waals surface area contributed by atoms with Gasteiger partial charge in [0.05, 0.1) is 36.7 Å². The number of fused-ring (bicyclic) bond motifs is 1. The Bertz CT molecular complexity index is 1280. The van der Waals surface area contributed by atoms with Crippen molar-refractivity contribution in [2.24, 2.45) is 0 Å². The number of methoxy groups -OCH3 is 2. The Morgan fingerprint density at radius 3 is 2.65 bits per heavy atom. The molecule has 2 aromatic heterocycles. The number of nitrogens with zero attached hydrogens (tertiary/aromatic N) is 2. The maximum atomic E-state index is 13.0. The largest absolute Gasteiger partial charge is 0.482 e. The summed E-state index contributed by atoms with van der Waals surface area (Å²) in [5.41, 5.74) is 4.03. The van der Waals surface area contributed by atoms with Crippen LogP contribution in [0.3, 0.4) is 0 Å². The number of amides is 2. The fourth-order valence-electron chi connectivity index (χ4n) is 3.44. The van der Waals surface area contributed by atoms with Gasteiger partial charge >= 0.3 is 11.9 Å². The van der Waals surface area contributed by atoms with Gasteiger partial charge in [-0.1, -0.05) is 0 Å². The van der Waals surface area contributed by atoms with Gasteiger partial charge in [-0.2, -0.15) is 0 Å². The number of thiophene rings is 1. The molecule has 34 heavy (non-hydrogen) atoms. The minimum absolute atomic E-state index is 0.0563. The number of esters is 2. The summed E-state index contributed by atoms with van der Waals surface area (Å²) < 4.78 is 15.1. The van der Waals surface area contributed by atoms with Crippen LogP contribution in [-0.2, 0) is 19.1 Å². The molecule has 0 bridgehead atoms. The molecule has 1 aromatic carbocycles. The Morgan fingerprint density at radius 2 is 1.97 bits per heavy atom. The highest BCUT2D eigenvalue weighted by Gasteiger charge is 2.30. The predicted molar refractivity (Wildman–Crippen MR) is 126 cm³/mol. The van der Waals surface area contributed by atoms with Crippen molar-refractivity contribution in [3.05, 3.63) is 45.1 Å². The van der Waals surface area contributed by atoms with Gasteiger partial charge in [-0.05, 0) is 30.7 Å². The topological polar surface area (TPSA) is 124 Å². The van der Waals surface area contributed by atoms with E-state index in [4.69, 9.17) is 14.2 Å². The Kier molecular flexibility index (Phi) is 6.61. The van der Waals surface area contributed by atoms with Gasteiger partial charge in [-0.25, -0.2) is 14.6 Å². The van der Waals surface area contributed by atoms with Crippen LogP contribution in [0.25, 0.3) is 11.3 Å². The summed E-state index contributed by atoms with van der Waals surface area (Å²) >= 11 is 2.34. The van der Waals surface area contributed by atoms with E-state index in [1.54, 1.807) is 24.6 Å². The van der Waals surface area contributed by atoms with Crippen LogP contribution in [0.2, 0.25) is 0 Å². The molecule has 1 aliphatic rings. The van der Waals surface area contributed by atoms with E-state index in [0.717, 1.165) is 22.6 Å². The normalized spacial score (nSPS) is 12.6. The summed E-state index contributed by atoms with van der Waals surface area (Å²) in [6.45, 7) is 1.02. The van der Waals surface area contributed by atoms with E-state index >= 15 is 0 Å². The SMILES string of the molecule is COC(=O)c1sc(NC(=O)CN2C(=O)COc3ccc(-c4cscn4)cc32)c(C(=O)OC)c1C. The third-order valence-electron chi connectivity index (χ3n) is 5.09. The van der Waals surface area contributed by atoms with E-state index in [1.807, 2.05) is 11.4 Å². The first-order valence-corrected chi connectivity index (χ1v) is 11.7. The molecule has 0 saturated heterocycles. The van der Waals surface area contributed by atoms with Crippen LogP contribution >= 0.6 is 22.7 Å². The highest BCUT2D eigenvalue weighted by molar-refractivity contribution is 7.18. The molecule has 1 aliphatic heterocycles. The molecule has 0 fully saturated rings. The molecular formula is C22H19N3O7S2. The zero-order chi connectivity index (χ0) is 24.4. The zero-order valence-corrected chi connectivity index (χ0v) is 20.0. The van der Waals surface area contributed by atoms with Gasteiger partial charge < -0.3 is 19.5 Å². The number of thiazole rings is 1. The van der Waals surface area contributed by atoms with E-state index in [9.17, 15) is 19.2 Å². The second-order valence-electron chi connectivity index (χ2n) is 7.12. The van der Waals surface area contributed by atoms with Crippen LogP contribution in [-0.4, -0.2) is 56.1 Å². The van der Waals surface area contributed by atoms with Crippen LogP contribution in [0.1, 0.15) is 25.6 Å². The number of carbonyl (C=O) groups excluding carboxylic acids is 4. The molecule has 3 aromatic rings. The lowest BCUT2D eigenvalue weighted by atomic mass is 10.1. The zero-order valence-electron chi connectivity index (χ0n) is 18.4.